The maximum atomic E-state index is 14.0. The van der Waals surface area contributed by atoms with Crippen molar-refractivity contribution in [3.05, 3.63) is 35.9 Å². The third-order valence-corrected chi connectivity index (χ3v) is 9.18. The Bertz CT molecular complexity index is 1490. The van der Waals surface area contributed by atoms with E-state index in [0.29, 0.717) is 24.8 Å². The zero-order valence-corrected chi connectivity index (χ0v) is 31.5. The van der Waals surface area contributed by atoms with Crippen LogP contribution in [-0.4, -0.2) is 118 Å². The molecule has 18 heteroatoms. The number of rotatable bonds is 21. The van der Waals surface area contributed by atoms with Crippen molar-refractivity contribution in [2.45, 2.75) is 115 Å². The summed E-state index contributed by atoms with van der Waals surface area (Å²) in [7, 11) is 0. The molecule has 1 saturated heterocycles. The molecule has 0 aliphatic carbocycles. The Balaban J connectivity index is 2.14. The number of carboxylic acid groups (broad SMARTS) is 1. The zero-order chi connectivity index (χ0) is 40.7. The van der Waals surface area contributed by atoms with Crippen LogP contribution in [0.3, 0.4) is 0 Å². The largest absolute Gasteiger partial charge is 0.480 e. The van der Waals surface area contributed by atoms with Crippen LogP contribution in [0.15, 0.2) is 30.3 Å². The third kappa shape index (κ3) is 13.7. The van der Waals surface area contributed by atoms with E-state index in [1.807, 2.05) is 6.92 Å². The Morgan fingerprint density at radius 3 is 2.00 bits per heavy atom. The molecule has 7 amide bonds. The molecule has 1 aliphatic heterocycles. The number of amides is 7. The first-order valence-corrected chi connectivity index (χ1v) is 18.1. The van der Waals surface area contributed by atoms with E-state index in [0.717, 1.165) is 0 Å². The van der Waals surface area contributed by atoms with Gasteiger partial charge in [0.1, 0.15) is 36.3 Å². The zero-order valence-electron chi connectivity index (χ0n) is 31.5. The Hall–Kier alpha value is -5.10. The standard InChI is InChI=1S/C36H56N8O10/c1-6-20(4)29(35(52)44-14-10-13-27(44)34(51)41-25(36(53)54)16-22-11-8-7-9-12-22)43-30(47)21(5)39-32(49)24(15-19(2)3)40-33(50)26(18-45)42-31(48)23(37)17-28(38)46/h7-9,11-12,19-21,23-27,29,45H,6,10,13-18,37H2,1-5H3,(H2,38,46)(H,39,49)(H,40,50)(H,41,51)(H,42,48)(H,43,47)(H,53,54)/t20-,21-,23-,24-,25-,26-,27-,29-/m0/s1. The molecule has 0 bridgehead atoms. The van der Waals surface area contributed by atoms with E-state index in [9.17, 15) is 48.6 Å². The van der Waals surface area contributed by atoms with Crippen LogP contribution in [0, 0.1) is 11.8 Å². The molecule has 11 N–H and O–H groups in total. The van der Waals surface area contributed by atoms with Gasteiger partial charge in [-0.1, -0.05) is 64.4 Å². The number of likely N-dealkylation sites (tertiary alicyclic amines) is 1. The van der Waals surface area contributed by atoms with Gasteiger partial charge in [-0.3, -0.25) is 33.6 Å². The van der Waals surface area contributed by atoms with Crippen LogP contribution >= 0.6 is 0 Å². The number of aliphatic hydroxyl groups excluding tert-OH is 1. The molecule has 1 fully saturated rings. The molecule has 0 spiro atoms. The minimum absolute atomic E-state index is 0.0468. The van der Waals surface area contributed by atoms with E-state index >= 15 is 0 Å². The van der Waals surface area contributed by atoms with Crippen LogP contribution in [0.2, 0.25) is 0 Å². The van der Waals surface area contributed by atoms with Crippen molar-refractivity contribution in [2.75, 3.05) is 13.2 Å². The summed E-state index contributed by atoms with van der Waals surface area (Å²) in [6.07, 6.45) is 0.915. The number of benzene rings is 1. The molecular formula is C36H56N8O10. The molecule has 1 aliphatic rings. The first-order valence-electron chi connectivity index (χ1n) is 18.1. The number of primary amides is 1. The number of carbonyl (C=O) groups is 8. The Morgan fingerprint density at radius 1 is 0.833 bits per heavy atom. The number of aliphatic carboxylic acids is 1. The fourth-order valence-corrected chi connectivity index (χ4v) is 5.90. The second-order valence-corrected chi connectivity index (χ2v) is 14.1. The molecule has 0 unspecified atom stereocenters. The van der Waals surface area contributed by atoms with E-state index in [-0.39, 0.29) is 25.3 Å². The number of aliphatic hydroxyl groups is 1. The van der Waals surface area contributed by atoms with Crippen molar-refractivity contribution in [2.24, 2.45) is 23.3 Å². The van der Waals surface area contributed by atoms with Gasteiger partial charge in [0.15, 0.2) is 0 Å². The van der Waals surface area contributed by atoms with E-state index in [2.05, 4.69) is 26.6 Å². The quantitative estimate of drug-likeness (QED) is 0.0663. The number of nitrogens with one attached hydrogen (secondary N) is 5. The van der Waals surface area contributed by atoms with Crippen LogP contribution < -0.4 is 38.1 Å². The highest BCUT2D eigenvalue weighted by atomic mass is 16.4. The van der Waals surface area contributed by atoms with Gasteiger partial charge in [0.2, 0.25) is 41.4 Å². The van der Waals surface area contributed by atoms with Gasteiger partial charge in [-0.25, -0.2) is 4.79 Å². The molecule has 2 rings (SSSR count). The molecule has 1 aromatic carbocycles. The number of carbonyl (C=O) groups excluding carboxylic acids is 7. The topological polar surface area (TPSA) is 292 Å². The lowest BCUT2D eigenvalue weighted by atomic mass is 9.96. The van der Waals surface area contributed by atoms with Crippen molar-refractivity contribution in [1.29, 1.82) is 0 Å². The summed E-state index contributed by atoms with van der Waals surface area (Å²) in [5.74, 6) is -7.03. The molecule has 0 radical (unpaired) electrons. The molecule has 1 aromatic rings. The van der Waals surface area contributed by atoms with Crippen LogP contribution in [-0.2, 0) is 44.8 Å². The minimum Gasteiger partial charge on any atom is -0.480 e. The average molecular weight is 761 g/mol. The van der Waals surface area contributed by atoms with Crippen molar-refractivity contribution in [1.82, 2.24) is 31.5 Å². The van der Waals surface area contributed by atoms with Crippen LogP contribution in [0.25, 0.3) is 0 Å². The second-order valence-electron chi connectivity index (χ2n) is 14.1. The Labute approximate surface area is 314 Å². The molecule has 54 heavy (non-hydrogen) atoms. The predicted octanol–water partition coefficient (Wildman–Crippen LogP) is -1.96. The van der Waals surface area contributed by atoms with Crippen molar-refractivity contribution >= 4 is 47.3 Å². The normalized spacial score (nSPS) is 17.9. The number of nitrogens with two attached hydrogens (primary N) is 2. The van der Waals surface area contributed by atoms with Gasteiger partial charge in [0.25, 0.3) is 0 Å². The Morgan fingerprint density at radius 2 is 1.44 bits per heavy atom. The van der Waals surface area contributed by atoms with Gasteiger partial charge in [-0.05, 0) is 43.6 Å². The van der Waals surface area contributed by atoms with Crippen molar-refractivity contribution in [3.8, 4) is 0 Å². The summed E-state index contributed by atoms with van der Waals surface area (Å²) in [4.78, 5) is 104. The van der Waals surface area contributed by atoms with Crippen LogP contribution in [0.4, 0.5) is 0 Å². The number of nitrogens with zero attached hydrogens (tertiary/aromatic N) is 1. The van der Waals surface area contributed by atoms with Crippen molar-refractivity contribution in [3.63, 3.8) is 0 Å². The van der Waals surface area contributed by atoms with Gasteiger partial charge >= 0.3 is 5.97 Å². The van der Waals surface area contributed by atoms with E-state index in [1.165, 1.54) is 11.8 Å². The van der Waals surface area contributed by atoms with Gasteiger partial charge in [0, 0.05) is 13.0 Å². The lowest BCUT2D eigenvalue weighted by molar-refractivity contribution is -0.145. The summed E-state index contributed by atoms with van der Waals surface area (Å²) in [5, 5.41) is 32.1. The first-order chi connectivity index (χ1) is 25.4. The maximum Gasteiger partial charge on any atom is 0.326 e. The van der Waals surface area contributed by atoms with E-state index < -0.39 is 109 Å². The summed E-state index contributed by atoms with van der Waals surface area (Å²) in [6.45, 7) is 7.90. The summed E-state index contributed by atoms with van der Waals surface area (Å²) in [6, 6.07) is 0.258. The molecule has 18 nitrogen and oxygen atoms in total. The van der Waals surface area contributed by atoms with Gasteiger partial charge < -0.3 is 53.2 Å². The summed E-state index contributed by atoms with van der Waals surface area (Å²) < 4.78 is 0. The monoisotopic (exact) mass is 760 g/mol. The lowest BCUT2D eigenvalue weighted by Gasteiger charge is -2.32. The van der Waals surface area contributed by atoms with Crippen LogP contribution in [0.5, 0.6) is 0 Å². The SMILES string of the molecule is CC[C@H](C)[C@H](NC(=O)[C@H](C)NC(=O)[C@H](CC(C)C)NC(=O)[C@H](CO)NC(=O)[C@@H](N)CC(N)=O)C(=O)N1CCC[C@H]1C(=O)N[C@@H](Cc1ccccc1)C(=O)O. The second kappa shape index (κ2) is 21.6. The molecule has 8 atom stereocenters. The highest BCUT2D eigenvalue weighted by molar-refractivity contribution is 5.97. The summed E-state index contributed by atoms with van der Waals surface area (Å²) in [5.41, 5.74) is 11.4. The highest BCUT2D eigenvalue weighted by Gasteiger charge is 2.41. The molecule has 0 aromatic heterocycles. The molecular weight excluding hydrogens is 704 g/mol. The first kappa shape index (κ1) is 45.1. The lowest BCUT2D eigenvalue weighted by Crippen LogP contribution is -2.60. The van der Waals surface area contributed by atoms with Gasteiger partial charge in [-0.2, -0.15) is 0 Å². The van der Waals surface area contributed by atoms with E-state index in [4.69, 9.17) is 11.5 Å². The average Bonchev–Trinajstić information content (AvgIpc) is 3.61. The van der Waals surface area contributed by atoms with E-state index in [1.54, 1.807) is 51.1 Å². The van der Waals surface area contributed by atoms with Crippen molar-refractivity contribution < 1.29 is 48.6 Å². The van der Waals surface area contributed by atoms with Gasteiger partial charge in [0.05, 0.1) is 19.1 Å². The highest BCUT2D eigenvalue weighted by Crippen LogP contribution is 2.22. The van der Waals surface area contributed by atoms with Gasteiger partial charge in [-0.15, -0.1) is 0 Å². The molecule has 0 saturated carbocycles. The fourth-order valence-electron chi connectivity index (χ4n) is 5.90. The van der Waals surface area contributed by atoms with Crippen LogP contribution in [0.1, 0.15) is 72.3 Å². The fraction of sp³-hybridized carbons (Fsp3) is 0.611. The third-order valence-electron chi connectivity index (χ3n) is 9.18. The molecule has 300 valence electrons. The smallest absolute Gasteiger partial charge is 0.326 e. The number of hydrogen-bond donors (Lipinski definition) is 9. The minimum atomic E-state index is -1.52. The Kier molecular flexibility index (Phi) is 18.0. The molecule has 1 heterocycles. The summed E-state index contributed by atoms with van der Waals surface area (Å²) >= 11 is 0. The predicted molar refractivity (Wildman–Crippen MR) is 196 cm³/mol. The number of hydrogen-bond acceptors (Lipinski definition) is 10. The maximum absolute atomic E-state index is 14.0. The number of carboxylic acids is 1.